The molecule has 0 bridgehead atoms. The Kier molecular flexibility index (Phi) is 8.14. The molecule has 0 spiro atoms. The highest BCUT2D eigenvalue weighted by molar-refractivity contribution is 4.83. The van der Waals surface area contributed by atoms with Crippen LogP contribution in [0.2, 0.25) is 0 Å². The Hall–Kier alpha value is -0.120. The first-order valence-corrected chi connectivity index (χ1v) is 5.85. The van der Waals surface area contributed by atoms with E-state index in [1.165, 1.54) is 6.54 Å². The molecule has 0 amide bonds. The molecular weight excluding hydrogens is 176 g/mol. The van der Waals surface area contributed by atoms with E-state index >= 15 is 0 Å². The van der Waals surface area contributed by atoms with Crippen LogP contribution in [0, 0.1) is 0 Å². The standard InChI is InChI=1S/C9H20N2O.C2H6/c1-3-11-6-4-9(8(11)2)12-7-5-10;1-2/h8-9H,3-7,10H2,1-2H3;1-2H3. The second-order valence-electron chi connectivity index (χ2n) is 3.36. The summed E-state index contributed by atoms with van der Waals surface area (Å²) >= 11 is 0. The van der Waals surface area contributed by atoms with Crippen molar-refractivity contribution < 1.29 is 4.74 Å². The molecule has 1 aliphatic heterocycles. The van der Waals surface area contributed by atoms with Crippen molar-refractivity contribution in [3.05, 3.63) is 0 Å². The second-order valence-corrected chi connectivity index (χ2v) is 3.36. The van der Waals surface area contributed by atoms with Gasteiger partial charge in [-0.2, -0.15) is 0 Å². The van der Waals surface area contributed by atoms with Crippen molar-refractivity contribution in [1.82, 2.24) is 4.90 Å². The molecule has 0 aromatic carbocycles. The highest BCUT2D eigenvalue weighted by Gasteiger charge is 2.29. The zero-order valence-electron chi connectivity index (χ0n) is 10.1. The summed E-state index contributed by atoms with van der Waals surface area (Å²) in [6, 6.07) is 0.571. The molecule has 1 saturated heterocycles. The topological polar surface area (TPSA) is 38.5 Å². The Balaban J connectivity index is 0.000000791. The fourth-order valence-corrected chi connectivity index (χ4v) is 1.86. The second kappa shape index (κ2) is 8.21. The van der Waals surface area contributed by atoms with E-state index in [0.717, 1.165) is 13.0 Å². The smallest absolute Gasteiger partial charge is 0.0740 e. The summed E-state index contributed by atoms with van der Waals surface area (Å²) in [4.78, 5) is 2.45. The van der Waals surface area contributed by atoms with Gasteiger partial charge >= 0.3 is 0 Å². The predicted octanol–water partition coefficient (Wildman–Crippen LogP) is 1.47. The minimum atomic E-state index is 0.411. The van der Waals surface area contributed by atoms with Crippen LogP contribution < -0.4 is 5.73 Å². The first kappa shape index (κ1) is 13.9. The third kappa shape index (κ3) is 3.95. The molecule has 1 rings (SSSR count). The van der Waals surface area contributed by atoms with E-state index in [0.29, 0.717) is 25.3 Å². The van der Waals surface area contributed by atoms with E-state index in [1.54, 1.807) is 0 Å². The average molecular weight is 202 g/mol. The molecule has 1 aliphatic rings. The predicted molar refractivity (Wildman–Crippen MR) is 61.5 cm³/mol. The summed E-state index contributed by atoms with van der Waals surface area (Å²) in [6.07, 6.45) is 1.57. The highest BCUT2D eigenvalue weighted by atomic mass is 16.5. The van der Waals surface area contributed by atoms with Crippen LogP contribution >= 0.6 is 0 Å². The van der Waals surface area contributed by atoms with Gasteiger partial charge in [-0.25, -0.2) is 0 Å². The van der Waals surface area contributed by atoms with Gasteiger partial charge in [0.1, 0.15) is 0 Å². The fraction of sp³-hybridized carbons (Fsp3) is 1.00. The van der Waals surface area contributed by atoms with Gasteiger partial charge < -0.3 is 10.5 Å². The molecule has 1 heterocycles. The first-order chi connectivity index (χ1) is 6.79. The van der Waals surface area contributed by atoms with E-state index in [9.17, 15) is 0 Å². The lowest BCUT2D eigenvalue weighted by Crippen LogP contribution is -2.34. The normalized spacial score (nSPS) is 27.2. The van der Waals surface area contributed by atoms with Gasteiger partial charge in [0.2, 0.25) is 0 Å². The third-order valence-corrected chi connectivity index (χ3v) is 2.67. The van der Waals surface area contributed by atoms with Gasteiger partial charge in [0.15, 0.2) is 0 Å². The summed E-state index contributed by atoms with van der Waals surface area (Å²) in [5, 5.41) is 0. The molecule has 2 atom stereocenters. The molecular formula is C11H26N2O. The van der Waals surface area contributed by atoms with E-state index in [-0.39, 0.29) is 0 Å². The maximum Gasteiger partial charge on any atom is 0.0740 e. The molecule has 0 aromatic heterocycles. The molecule has 0 aliphatic carbocycles. The summed E-state index contributed by atoms with van der Waals surface area (Å²) in [5.41, 5.74) is 5.38. The number of likely N-dealkylation sites (N-methyl/N-ethyl adjacent to an activating group) is 1. The van der Waals surface area contributed by atoms with Crippen LogP contribution in [0.3, 0.4) is 0 Å². The van der Waals surface area contributed by atoms with Crippen molar-refractivity contribution in [3.63, 3.8) is 0 Å². The maximum atomic E-state index is 5.63. The lowest BCUT2D eigenvalue weighted by atomic mass is 10.2. The van der Waals surface area contributed by atoms with Crippen LogP contribution in [-0.4, -0.2) is 43.3 Å². The van der Waals surface area contributed by atoms with Crippen LogP contribution in [0.15, 0.2) is 0 Å². The van der Waals surface area contributed by atoms with Crippen molar-refractivity contribution in [2.24, 2.45) is 5.73 Å². The van der Waals surface area contributed by atoms with Crippen molar-refractivity contribution in [1.29, 1.82) is 0 Å². The van der Waals surface area contributed by atoms with Crippen LogP contribution in [0.25, 0.3) is 0 Å². The fourth-order valence-electron chi connectivity index (χ4n) is 1.86. The van der Waals surface area contributed by atoms with Gasteiger partial charge in [0, 0.05) is 19.1 Å². The number of hydrogen-bond acceptors (Lipinski definition) is 3. The monoisotopic (exact) mass is 202 g/mol. The number of rotatable bonds is 4. The Labute approximate surface area is 88.6 Å². The van der Waals surface area contributed by atoms with Crippen molar-refractivity contribution in [2.75, 3.05) is 26.2 Å². The number of nitrogens with zero attached hydrogens (tertiary/aromatic N) is 1. The molecule has 0 radical (unpaired) electrons. The molecule has 3 nitrogen and oxygen atoms in total. The first-order valence-electron chi connectivity index (χ1n) is 5.85. The molecule has 0 saturated carbocycles. The maximum absolute atomic E-state index is 5.63. The molecule has 0 aromatic rings. The summed E-state index contributed by atoms with van der Waals surface area (Å²) in [5.74, 6) is 0. The lowest BCUT2D eigenvalue weighted by molar-refractivity contribution is 0.0378. The zero-order chi connectivity index (χ0) is 11.0. The molecule has 1 fully saturated rings. The number of ether oxygens (including phenoxy) is 1. The molecule has 86 valence electrons. The van der Waals surface area contributed by atoms with Crippen molar-refractivity contribution in [3.8, 4) is 0 Å². The minimum Gasteiger partial charge on any atom is -0.375 e. The van der Waals surface area contributed by atoms with Gasteiger partial charge in [-0.1, -0.05) is 20.8 Å². The Morgan fingerprint density at radius 1 is 1.43 bits per heavy atom. The molecule has 2 N–H and O–H groups in total. The van der Waals surface area contributed by atoms with Crippen LogP contribution in [0.5, 0.6) is 0 Å². The summed E-state index contributed by atoms with van der Waals surface area (Å²) in [6.45, 7) is 12.1. The molecule has 14 heavy (non-hydrogen) atoms. The van der Waals surface area contributed by atoms with E-state index in [4.69, 9.17) is 10.5 Å². The average Bonchev–Trinajstić information content (AvgIpc) is 2.59. The summed E-state index contributed by atoms with van der Waals surface area (Å²) < 4.78 is 5.63. The van der Waals surface area contributed by atoms with E-state index < -0.39 is 0 Å². The quantitative estimate of drug-likeness (QED) is 0.750. The zero-order valence-corrected chi connectivity index (χ0v) is 10.1. The highest BCUT2D eigenvalue weighted by Crippen LogP contribution is 2.19. The lowest BCUT2D eigenvalue weighted by Gasteiger charge is -2.22. The number of nitrogens with two attached hydrogens (primary N) is 1. The van der Waals surface area contributed by atoms with Crippen molar-refractivity contribution in [2.45, 2.75) is 46.3 Å². The molecule has 2 unspecified atom stereocenters. The minimum absolute atomic E-state index is 0.411. The van der Waals surface area contributed by atoms with Crippen LogP contribution in [0.4, 0.5) is 0 Å². The number of hydrogen-bond donors (Lipinski definition) is 1. The van der Waals surface area contributed by atoms with Crippen molar-refractivity contribution >= 4 is 0 Å². The van der Waals surface area contributed by atoms with Gasteiger partial charge in [0.05, 0.1) is 12.7 Å². The van der Waals surface area contributed by atoms with E-state index in [1.807, 2.05) is 13.8 Å². The van der Waals surface area contributed by atoms with Gasteiger partial charge in [-0.05, 0) is 19.9 Å². The molecule has 3 heteroatoms. The Morgan fingerprint density at radius 3 is 2.50 bits per heavy atom. The van der Waals surface area contributed by atoms with Crippen LogP contribution in [-0.2, 0) is 4.74 Å². The third-order valence-electron chi connectivity index (χ3n) is 2.67. The van der Waals surface area contributed by atoms with Gasteiger partial charge in [-0.15, -0.1) is 0 Å². The van der Waals surface area contributed by atoms with Gasteiger partial charge in [0.25, 0.3) is 0 Å². The van der Waals surface area contributed by atoms with Crippen LogP contribution in [0.1, 0.15) is 34.1 Å². The van der Waals surface area contributed by atoms with Gasteiger partial charge in [-0.3, -0.25) is 4.90 Å². The van der Waals surface area contributed by atoms with E-state index in [2.05, 4.69) is 18.7 Å². The Bertz CT molecular complexity index is 130. The number of likely N-dealkylation sites (tertiary alicyclic amines) is 1. The SMILES string of the molecule is CC.CCN1CCC(OCCN)C1C. The Morgan fingerprint density at radius 2 is 2.07 bits per heavy atom. The summed E-state index contributed by atoms with van der Waals surface area (Å²) in [7, 11) is 0. The largest absolute Gasteiger partial charge is 0.375 e.